The van der Waals surface area contributed by atoms with E-state index < -0.39 is 0 Å². The van der Waals surface area contributed by atoms with E-state index in [0.29, 0.717) is 48.7 Å². The van der Waals surface area contributed by atoms with Gasteiger partial charge >= 0.3 is 41.7 Å². The fourth-order valence-electron chi connectivity index (χ4n) is 3.14. The second kappa shape index (κ2) is 26.5. The first kappa shape index (κ1) is 41.1. The number of ether oxygens (including phenoxy) is 4. The van der Waals surface area contributed by atoms with E-state index in [2.05, 4.69) is 0 Å². The third-order valence-electron chi connectivity index (χ3n) is 5.13. The van der Waals surface area contributed by atoms with Gasteiger partial charge in [0.25, 0.3) is 0 Å². The minimum atomic E-state index is 0. The van der Waals surface area contributed by atoms with Gasteiger partial charge in [-0.15, -0.1) is 0 Å². The van der Waals surface area contributed by atoms with Crippen molar-refractivity contribution in [1.29, 1.82) is 0 Å². The Morgan fingerprint density at radius 3 is 0.622 bits per heavy atom. The standard InChI is InChI=1S/4C9H9O2.Ce/c4*1-2-11-9-5-3-8(7-10)4-6-9;/h4*3-6H,2H2,1H3;/q4*-1;+4. The predicted octanol–water partition coefficient (Wildman–Crippen LogP) is 6.17. The van der Waals surface area contributed by atoms with Crippen LogP contribution in [0.5, 0.6) is 23.0 Å². The molecule has 0 saturated carbocycles. The van der Waals surface area contributed by atoms with Crippen molar-refractivity contribution in [3.63, 3.8) is 0 Å². The van der Waals surface area contributed by atoms with E-state index in [0.717, 1.165) is 23.0 Å². The van der Waals surface area contributed by atoms with Crippen molar-refractivity contribution >= 4 is 25.1 Å². The maximum Gasteiger partial charge on any atom is 4.00 e. The summed E-state index contributed by atoms with van der Waals surface area (Å²) in [6.07, 6.45) is 7.16. The van der Waals surface area contributed by atoms with Crippen LogP contribution in [0, 0.1) is 41.7 Å². The van der Waals surface area contributed by atoms with E-state index in [1.165, 1.54) is 0 Å². The van der Waals surface area contributed by atoms with Gasteiger partial charge in [0.05, 0.1) is 74.6 Å². The quantitative estimate of drug-likeness (QED) is 0.159. The molecule has 0 unspecified atom stereocenters. The van der Waals surface area contributed by atoms with Gasteiger partial charge < -0.3 is 38.1 Å². The molecule has 0 fully saturated rings. The maximum atomic E-state index is 10.1. The summed E-state index contributed by atoms with van der Waals surface area (Å²) in [6, 6.07) is 27.5. The number of hydrogen-bond acceptors (Lipinski definition) is 8. The molecule has 4 aromatic rings. The minimum Gasteiger partial charge on any atom is -0.496 e. The Bertz CT molecular complexity index is 1120. The molecule has 0 radical (unpaired) electrons. The molecule has 0 aromatic heterocycles. The number of benzene rings is 4. The Hall–Kier alpha value is -3.86. The number of hydrogen-bond donors (Lipinski definition) is 0. The van der Waals surface area contributed by atoms with E-state index in [1.807, 2.05) is 27.7 Å². The molecule has 0 atom stereocenters. The smallest absolute Gasteiger partial charge is 0.496 e. The molecule has 0 bridgehead atoms. The van der Waals surface area contributed by atoms with Crippen LogP contribution < -0.4 is 18.9 Å². The molecule has 0 aliphatic heterocycles. The molecule has 0 heterocycles. The molecule has 0 N–H and O–H groups in total. The van der Waals surface area contributed by atoms with Crippen LogP contribution in [0.3, 0.4) is 0 Å². The van der Waals surface area contributed by atoms with E-state index in [1.54, 1.807) is 122 Å². The van der Waals surface area contributed by atoms with Gasteiger partial charge in [0, 0.05) is 0 Å². The topological polar surface area (TPSA) is 105 Å². The van der Waals surface area contributed by atoms with Crippen molar-refractivity contribution in [3.8, 4) is 23.0 Å². The Morgan fingerprint density at radius 2 is 0.511 bits per heavy atom. The van der Waals surface area contributed by atoms with Crippen LogP contribution in [0.2, 0.25) is 0 Å². The summed E-state index contributed by atoms with van der Waals surface area (Å²) in [6.45, 7) is 10.2. The van der Waals surface area contributed by atoms with Crippen molar-refractivity contribution in [2.24, 2.45) is 0 Å². The Kier molecular flexibility index (Phi) is 24.3. The SMILES string of the molecule is CCOc1ccc([C-]=O)cc1.CCOc1ccc([C-]=O)cc1.CCOc1ccc([C-]=O)cc1.CCOc1ccc([C-]=O)cc1.[Ce+4]. The molecule has 4 aromatic carbocycles. The zero-order valence-corrected chi connectivity index (χ0v) is 29.0. The van der Waals surface area contributed by atoms with E-state index in [4.69, 9.17) is 18.9 Å². The summed E-state index contributed by atoms with van der Waals surface area (Å²) >= 11 is 0. The Morgan fingerprint density at radius 1 is 0.356 bits per heavy atom. The van der Waals surface area contributed by atoms with Gasteiger partial charge in [0.15, 0.2) is 0 Å². The van der Waals surface area contributed by atoms with Gasteiger partial charge in [-0.2, -0.15) is 70.8 Å². The van der Waals surface area contributed by atoms with E-state index >= 15 is 0 Å². The summed E-state index contributed by atoms with van der Waals surface area (Å²) in [4.78, 5) is 40.4. The third-order valence-corrected chi connectivity index (χ3v) is 5.13. The molecule has 0 spiro atoms. The van der Waals surface area contributed by atoms with Gasteiger partial charge in [-0.05, 0) is 27.7 Å². The van der Waals surface area contributed by atoms with Crippen LogP contribution in [0.25, 0.3) is 0 Å². The van der Waals surface area contributed by atoms with E-state index in [-0.39, 0.29) is 41.7 Å². The summed E-state index contributed by atoms with van der Waals surface area (Å²) in [5, 5.41) is 0. The second-order valence-electron chi connectivity index (χ2n) is 8.24. The van der Waals surface area contributed by atoms with Gasteiger partial charge in [-0.1, -0.05) is 48.5 Å². The van der Waals surface area contributed by atoms with Gasteiger partial charge in [-0.25, -0.2) is 0 Å². The number of carbonyl (C=O) groups excluding carboxylic acids is 4. The molecule has 232 valence electrons. The van der Waals surface area contributed by atoms with Crippen molar-refractivity contribution < 1.29 is 79.9 Å². The third kappa shape index (κ3) is 18.5. The summed E-state index contributed by atoms with van der Waals surface area (Å²) < 4.78 is 20.7. The molecular formula is C36H36CeO8. The van der Waals surface area contributed by atoms with Crippen LogP contribution in [0.15, 0.2) is 97.1 Å². The van der Waals surface area contributed by atoms with Gasteiger partial charge in [0.1, 0.15) is 0 Å². The van der Waals surface area contributed by atoms with Crippen LogP contribution in [0.4, 0.5) is 0 Å². The van der Waals surface area contributed by atoms with Crippen LogP contribution >= 0.6 is 0 Å². The first-order valence-corrected chi connectivity index (χ1v) is 13.9. The molecule has 4 rings (SSSR count). The average Bonchev–Trinajstić information content (AvgIpc) is 3.08. The predicted molar refractivity (Wildman–Crippen MR) is 170 cm³/mol. The Labute approximate surface area is 299 Å². The van der Waals surface area contributed by atoms with Crippen LogP contribution in [0.1, 0.15) is 49.9 Å². The van der Waals surface area contributed by atoms with Gasteiger partial charge in [-0.3, -0.25) is 0 Å². The first-order valence-electron chi connectivity index (χ1n) is 13.9. The zero-order chi connectivity index (χ0) is 32.4. The van der Waals surface area contributed by atoms with Gasteiger partial charge in [0.2, 0.25) is 0 Å². The molecule has 0 saturated heterocycles. The average molecular weight is 737 g/mol. The molecule has 0 aliphatic rings. The molecule has 8 nitrogen and oxygen atoms in total. The second-order valence-corrected chi connectivity index (χ2v) is 8.24. The van der Waals surface area contributed by atoms with Crippen molar-refractivity contribution in [2.75, 3.05) is 26.4 Å². The van der Waals surface area contributed by atoms with Crippen LogP contribution in [-0.4, -0.2) is 51.6 Å². The van der Waals surface area contributed by atoms with E-state index in [9.17, 15) is 19.2 Å². The largest absolute Gasteiger partial charge is 4.00 e. The fraction of sp³-hybridized carbons (Fsp3) is 0.222. The van der Waals surface area contributed by atoms with Crippen molar-refractivity contribution in [1.82, 2.24) is 0 Å². The Balaban J connectivity index is 0.000000569. The summed E-state index contributed by atoms with van der Waals surface area (Å²) in [5.74, 6) is 3.14. The summed E-state index contributed by atoms with van der Waals surface area (Å²) in [7, 11) is 0. The maximum absolute atomic E-state index is 10.1. The number of rotatable bonds is 12. The monoisotopic (exact) mass is 736 g/mol. The fourth-order valence-corrected chi connectivity index (χ4v) is 3.14. The van der Waals surface area contributed by atoms with Crippen molar-refractivity contribution in [3.05, 3.63) is 119 Å². The molecule has 45 heavy (non-hydrogen) atoms. The van der Waals surface area contributed by atoms with Crippen molar-refractivity contribution in [2.45, 2.75) is 27.7 Å². The molecule has 0 aliphatic carbocycles. The first-order chi connectivity index (χ1) is 21.5. The minimum absolute atomic E-state index is 0. The normalized spacial score (nSPS) is 8.98. The molecule has 9 heteroatoms. The summed E-state index contributed by atoms with van der Waals surface area (Å²) in [5.41, 5.74) is 2.20. The molecule has 0 amide bonds. The molecular weight excluding hydrogens is 701 g/mol. The van der Waals surface area contributed by atoms with Crippen LogP contribution in [-0.2, 0) is 19.2 Å². The zero-order valence-electron chi connectivity index (χ0n) is 25.8.